The maximum Gasteiger partial charge on any atom is 2.00 e. The van der Waals surface area contributed by atoms with Crippen LogP contribution in [0, 0.1) is 23.7 Å². The molecule has 1 radical (unpaired) electrons. The minimum Gasteiger partial charge on any atom is -0.412 e. The summed E-state index contributed by atoms with van der Waals surface area (Å²) in [6.07, 6.45) is 0. The second-order valence-corrected chi connectivity index (χ2v) is 53.7. The molecule has 14 aromatic rings. The van der Waals surface area contributed by atoms with Crippen molar-refractivity contribution in [3.63, 3.8) is 0 Å². The van der Waals surface area contributed by atoms with Crippen LogP contribution < -0.4 is 19.9 Å². The van der Waals surface area contributed by atoms with Gasteiger partial charge in [0.25, 0.3) is 0 Å². The van der Waals surface area contributed by atoms with Gasteiger partial charge in [-0.2, -0.15) is 0 Å². The molecule has 16 bridgehead atoms. The molecule has 0 fully saturated rings. The van der Waals surface area contributed by atoms with Gasteiger partial charge in [0.2, 0.25) is 0 Å². The average molecular weight is 1850 g/mol. The molecule has 0 atom stereocenters. The molecule has 0 saturated heterocycles. The fourth-order valence-corrected chi connectivity index (χ4v) is 17.8. The molecule has 0 saturated carbocycles. The third kappa shape index (κ3) is 17.3. The Kier molecular flexibility index (Phi) is 22.9. The van der Waals surface area contributed by atoms with E-state index in [-0.39, 0.29) is 92.0 Å². The van der Waals surface area contributed by atoms with E-state index in [0.29, 0.717) is 114 Å². The van der Waals surface area contributed by atoms with E-state index in [4.69, 9.17) is 88.6 Å². The Balaban J connectivity index is 0.00000618. The zero-order chi connectivity index (χ0) is 91.2. The fourth-order valence-electron chi connectivity index (χ4n) is 15.9. The quantitative estimate of drug-likeness (QED) is 0.111. The van der Waals surface area contributed by atoms with Gasteiger partial charge in [0.1, 0.15) is 0 Å². The zero-order valence-electron chi connectivity index (χ0n) is 80.3. The van der Waals surface area contributed by atoms with Crippen LogP contribution in [-0.2, 0) is 77.6 Å². The number of nitrogens with zero attached hydrogens (tertiary/aromatic N) is 16. The van der Waals surface area contributed by atoms with Gasteiger partial charge in [-0.05, 0) is 206 Å². The van der Waals surface area contributed by atoms with Gasteiger partial charge < -0.3 is 68.7 Å². The Labute approximate surface area is 788 Å². The van der Waals surface area contributed by atoms with Crippen molar-refractivity contribution in [3.05, 3.63) is 201 Å². The van der Waals surface area contributed by atoms with Crippen molar-refractivity contribution in [3.8, 4) is 115 Å². The van der Waals surface area contributed by atoms with Crippen LogP contribution in [0.1, 0.15) is 211 Å². The summed E-state index contributed by atoms with van der Waals surface area (Å²) in [6.45, 7) is 62.8. The van der Waals surface area contributed by atoms with Crippen LogP contribution in [-0.4, -0.2) is 89.7 Å². The molecule has 0 amide bonds. The molecule has 10 heterocycles. The van der Waals surface area contributed by atoms with E-state index in [9.17, 15) is 0 Å². The normalized spacial score (nSPS) is 13.4. The standard InChI is InChI=1S/C108H112N16O2Si2.Co.Zn/c1-101(2,3)63-35-43-71-79(51-63)95-114-86-70-42-32-60(50-78(70)94(112-86)123-98-83-55-67(105(13,14)15)39-47-75(83)91(121-98)119-96-80-52-64(102(4,5)6)36-44-72(80)89(116-96)110-88(71)115-95)30-34-62(58-126-128(27,28)108(22,23)24)61(57-125-127(25,26)107(19,20)21)33-29-59-31-41-69-77(49-59)93-111-85(69)109-87-73-45-37-66(104(10,11)12)54-82(73)99(117-87)124-100-84-56-68(106(16,17)18)40-48-76(84)92(122-100)120-97-81-53-65(103(7,8)9)38-46-74(81)90(113-93)118-97;;/h31-32,35-56H,57-58H2,1-28H3;;/q-4;2*+2/b62-61+;;. The molecule has 6 aromatic heterocycles. The van der Waals surface area contributed by atoms with Crippen molar-refractivity contribution in [2.24, 2.45) is 0 Å². The summed E-state index contributed by atoms with van der Waals surface area (Å²) in [4.78, 5) is 86.3. The number of aromatic nitrogens is 16. The van der Waals surface area contributed by atoms with Crippen LogP contribution in [0.15, 0.2) is 157 Å². The molecule has 0 N–H and O–H groups in total. The van der Waals surface area contributed by atoms with Crippen molar-refractivity contribution >= 4 is 105 Å². The van der Waals surface area contributed by atoms with E-state index in [1.807, 2.05) is 24.3 Å². The van der Waals surface area contributed by atoms with Crippen molar-refractivity contribution in [1.82, 2.24) is 79.7 Å². The number of fused-ring (bicyclic) bond motifs is 40. The predicted octanol–water partition coefficient (Wildman–Crippen LogP) is 25.1. The van der Waals surface area contributed by atoms with Gasteiger partial charge in [-0.1, -0.05) is 275 Å². The van der Waals surface area contributed by atoms with E-state index in [2.05, 4.69) is 337 Å². The minimum absolute atomic E-state index is 0. The van der Waals surface area contributed by atoms with E-state index in [0.717, 1.165) is 121 Å². The summed E-state index contributed by atoms with van der Waals surface area (Å²) in [6, 6.07) is 51.0. The average Bonchev–Trinajstić information content (AvgIpc) is 1.59. The number of benzene rings is 8. The minimum atomic E-state index is -2.48. The molecule has 0 aliphatic carbocycles. The predicted molar refractivity (Wildman–Crippen MR) is 527 cm³/mol. The third-order valence-corrected chi connectivity index (χ3v) is 35.4. The smallest absolute Gasteiger partial charge is 0.412 e. The Morgan fingerprint density at radius 2 is 0.454 bits per heavy atom. The van der Waals surface area contributed by atoms with Crippen LogP contribution >= 0.6 is 0 Å². The Morgan fingerprint density at radius 1 is 0.254 bits per heavy atom. The first-order chi connectivity index (χ1) is 59.8. The summed E-state index contributed by atoms with van der Waals surface area (Å²) in [5.74, 6) is 18.5. The first kappa shape index (κ1) is 92.1. The summed E-state index contributed by atoms with van der Waals surface area (Å²) >= 11 is 0. The van der Waals surface area contributed by atoms with Crippen molar-refractivity contribution in [2.75, 3.05) is 13.2 Å². The van der Waals surface area contributed by atoms with Crippen molar-refractivity contribution in [1.29, 1.82) is 0 Å². The summed E-state index contributed by atoms with van der Waals surface area (Å²) < 4.78 is 14.6. The van der Waals surface area contributed by atoms with Crippen LogP contribution in [0.25, 0.3) is 179 Å². The van der Waals surface area contributed by atoms with Gasteiger partial charge in [-0.15, -0.1) is 0 Å². The summed E-state index contributed by atoms with van der Waals surface area (Å²) in [5.41, 5.74) is 18.7. The number of hydrogen-bond donors (Lipinski definition) is 0. The molecule has 130 heavy (non-hydrogen) atoms. The zero-order valence-corrected chi connectivity index (χ0v) is 86.3. The fraction of sp³-hybridized carbons (Fsp3) is 0.352. The summed E-state index contributed by atoms with van der Waals surface area (Å²) in [7, 11) is -4.95. The Hall–Kier alpha value is -11.2. The second kappa shape index (κ2) is 32.4. The van der Waals surface area contributed by atoms with Gasteiger partial charge in [-0.3, -0.25) is 0 Å². The topological polar surface area (TPSA) is 230 Å². The first-order valence-corrected chi connectivity index (χ1v) is 50.3. The molecule has 0 spiro atoms. The van der Waals surface area contributed by atoms with E-state index in [1.165, 1.54) is 0 Å². The molecule has 4 aliphatic heterocycles. The molecule has 18 rings (SSSR count). The molecule has 8 aromatic carbocycles. The Bertz CT molecular complexity index is 7640. The van der Waals surface area contributed by atoms with Gasteiger partial charge in [0.15, 0.2) is 16.6 Å². The SMILES string of the molecule is CC(C)(C)c1ccc2c(c1)-c1nc-2nc2[n-]c(nc3nc(nc4[n-]c(n1)c1ccc(C(C)(C)C)cc41)-c1cc(C#C/C(CO[Si](C)(C)C(C)(C)C)=C(/C#Cc4ccc5c(c4)-c4nc-5nc5[n-]c(nc6nc(nc7[n-]c(n4)c4ccc(C(C)(C)C)cc74)-c4ccc(C(C)(C)C)cc4-6)c4cc(C(C)(C)C)ccc54)CO[Si](C)(C)C(C)(C)C)ccc1-3)c1cc(C(C)(C)C)ccc21.[Co+2].[Zn+2]. The van der Waals surface area contributed by atoms with E-state index >= 15 is 0 Å². The van der Waals surface area contributed by atoms with Gasteiger partial charge in [-0.25, -0.2) is 19.9 Å². The van der Waals surface area contributed by atoms with Gasteiger partial charge in [0, 0.05) is 112 Å². The molecular formula is C108H112CoN16O2Si2Zn. The first-order valence-electron chi connectivity index (χ1n) is 44.5. The maximum atomic E-state index is 7.29. The van der Waals surface area contributed by atoms with Crippen LogP contribution in [0.2, 0.25) is 36.3 Å². The van der Waals surface area contributed by atoms with Crippen molar-refractivity contribution < 1.29 is 45.1 Å². The Morgan fingerprint density at radius 3 is 0.685 bits per heavy atom. The van der Waals surface area contributed by atoms with Crippen LogP contribution in [0.5, 0.6) is 0 Å². The molecule has 4 aliphatic rings. The van der Waals surface area contributed by atoms with Crippen molar-refractivity contribution in [2.45, 2.75) is 235 Å². The number of hydrogen-bond acceptors (Lipinski definition) is 14. The molecule has 0 unspecified atom stereocenters. The molecule has 18 nitrogen and oxygen atoms in total. The van der Waals surface area contributed by atoms with Gasteiger partial charge in [0.05, 0.1) is 59.8 Å². The molecule has 655 valence electrons. The van der Waals surface area contributed by atoms with Crippen LogP contribution in [0.4, 0.5) is 0 Å². The molecule has 22 heteroatoms. The second-order valence-electron chi connectivity index (χ2n) is 44.1. The number of rotatable bonds is 6. The maximum absolute atomic E-state index is 7.29. The third-order valence-electron chi connectivity index (χ3n) is 26.4. The van der Waals surface area contributed by atoms with E-state index in [1.54, 1.807) is 0 Å². The van der Waals surface area contributed by atoms with E-state index < -0.39 is 16.6 Å². The molecular weight excluding hydrogens is 1730 g/mol. The van der Waals surface area contributed by atoms with Crippen LogP contribution in [0.3, 0.4) is 0 Å². The van der Waals surface area contributed by atoms with Gasteiger partial charge >= 0.3 is 36.3 Å². The largest absolute Gasteiger partial charge is 2.00 e. The monoisotopic (exact) mass is 1840 g/mol. The summed E-state index contributed by atoms with van der Waals surface area (Å²) in [5, 5.41) is 6.39.